The van der Waals surface area contributed by atoms with Crippen LogP contribution >= 0.6 is 15.9 Å². The van der Waals surface area contributed by atoms with E-state index in [-0.39, 0.29) is 18.0 Å². The molecule has 20 heavy (non-hydrogen) atoms. The summed E-state index contributed by atoms with van der Waals surface area (Å²) in [6.07, 6.45) is 2.27. The Kier molecular flexibility index (Phi) is 7.24. The van der Waals surface area contributed by atoms with Crippen LogP contribution in [-0.2, 0) is 11.3 Å². The summed E-state index contributed by atoms with van der Waals surface area (Å²) < 4.78 is 13.8. The molecule has 3 nitrogen and oxygen atoms in total. The van der Waals surface area contributed by atoms with E-state index in [2.05, 4.69) is 15.9 Å². The zero-order valence-electron chi connectivity index (χ0n) is 11.5. The number of rotatable bonds is 7. The van der Waals surface area contributed by atoms with Gasteiger partial charge in [0.1, 0.15) is 5.82 Å². The lowest BCUT2D eigenvalue weighted by molar-refractivity contribution is -0.131. The Balaban J connectivity index is 2.68. The zero-order chi connectivity index (χ0) is 15.0. The van der Waals surface area contributed by atoms with Gasteiger partial charge in [-0.1, -0.05) is 22.0 Å². The third-order valence-electron chi connectivity index (χ3n) is 3.05. The molecule has 0 heterocycles. The van der Waals surface area contributed by atoms with Gasteiger partial charge in [0.05, 0.1) is 11.6 Å². The van der Waals surface area contributed by atoms with Crippen molar-refractivity contribution in [2.24, 2.45) is 0 Å². The fourth-order valence-corrected chi connectivity index (χ4v) is 2.25. The van der Waals surface area contributed by atoms with E-state index in [0.29, 0.717) is 18.5 Å². The maximum atomic E-state index is 13.8. The largest absolute Gasteiger partial charge is 0.339 e. The van der Waals surface area contributed by atoms with E-state index in [0.717, 1.165) is 18.2 Å². The number of nitrogens with zero attached hydrogens (tertiary/aromatic N) is 2. The molecule has 0 aliphatic carbocycles. The molecule has 0 saturated heterocycles. The van der Waals surface area contributed by atoms with Crippen LogP contribution in [0, 0.1) is 17.1 Å². The van der Waals surface area contributed by atoms with Gasteiger partial charge in [-0.15, -0.1) is 0 Å². The summed E-state index contributed by atoms with van der Waals surface area (Å²) in [5, 5.41) is 9.59. The molecule has 1 rings (SSSR count). The van der Waals surface area contributed by atoms with Crippen LogP contribution in [0.2, 0.25) is 0 Å². The molecule has 1 aromatic carbocycles. The van der Waals surface area contributed by atoms with Crippen LogP contribution in [0.25, 0.3) is 0 Å². The molecule has 108 valence electrons. The fraction of sp³-hybridized carbons (Fsp3) is 0.467. The normalized spacial score (nSPS) is 10.1. The lowest BCUT2D eigenvalue weighted by Crippen LogP contribution is -2.30. The Labute approximate surface area is 127 Å². The molecular weight excluding hydrogens is 323 g/mol. The smallest absolute Gasteiger partial charge is 0.222 e. The lowest BCUT2D eigenvalue weighted by atomic mass is 10.1. The van der Waals surface area contributed by atoms with E-state index in [1.54, 1.807) is 17.0 Å². The standard InChI is InChI=1S/C15H18BrFN2O/c1-2-19(15(20)5-3-4-8-16)11-13-7-6-12(10-18)9-14(13)17/h6-7,9H,2-5,8,11H2,1H3. The van der Waals surface area contributed by atoms with Crippen molar-refractivity contribution in [3.63, 3.8) is 0 Å². The van der Waals surface area contributed by atoms with Crippen molar-refractivity contribution in [2.75, 3.05) is 11.9 Å². The minimum Gasteiger partial charge on any atom is -0.339 e. The molecule has 1 amide bonds. The molecule has 5 heteroatoms. The molecule has 0 saturated carbocycles. The highest BCUT2D eigenvalue weighted by molar-refractivity contribution is 9.09. The predicted octanol–water partition coefficient (Wildman–Crippen LogP) is 3.61. The summed E-state index contributed by atoms with van der Waals surface area (Å²) in [6.45, 7) is 2.68. The van der Waals surface area contributed by atoms with Gasteiger partial charge in [0.25, 0.3) is 0 Å². The van der Waals surface area contributed by atoms with E-state index in [4.69, 9.17) is 5.26 Å². The van der Waals surface area contributed by atoms with Crippen molar-refractivity contribution >= 4 is 21.8 Å². The summed E-state index contributed by atoms with van der Waals surface area (Å²) in [5.41, 5.74) is 0.734. The third-order valence-corrected chi connectivity index (χ3v) is 3.61. The van der Waals surface area contributed by atoms with E-state index in [1.165, 1.54) is 6.07 Å². The van der Waals surface area contributed by atoms with Gasteiger partial charge in [-0.25, -0.2) is 4.39 Å². The second kappa shape index (κ2) is 8.70. The van der Waals surface area contributed by atoms with E-state index < -0.39 is 5.82 Å². The first kappa shape index (κ1) is 16.6. The van der Waals surface area contributed by atoms with Crippen molar-refractivity contribution in [1.82, 2.24) is 4.90 Å². The summed E-state index contributed by atoms with van der Waals surface area (Å²) >= 11 is 3.33. The number of halogens is 2. The van der Waals surface area contributed by atoms with Crippen LogP contribution in [0.3, 0.4) is 0 Å². The number of hydrogen-bond acceptors (Lipinski definition) is 2. The molecule has 0 aliphatic heterocycles. The van der Waals surface area contributed by atoms with Gasteiger partial charge in [0.15, 0.2) is 0 Å². The number of nitriles is 1. The second-order valence-electron chi connectivity index (χ2n) is 4.47. The highest BCUT2D eigenvalue weighted by atomic mass is 79.9. The first-order chi connectivity index (χ1) is 9.62. The Hall–Kier alpha value is -1.41. The Morgan fingerprint density at radius 1 is 1.45 bits per heavy atom. The average Bonchev–Trinajstić information content (AvgIpc) is 2.46. The predicted molar refractivity (Wildman–Crippen MR) is 79.9 cm³/mol. The first-order valence-electron chi connectivity index (χ1n) is 6.64. The van der Waals surface area contributed by atoms with Crippen molar-refractivity contribution in [1.29, 1.82) is 5.26 Å². The SMILES string of the molecule is CCN(Cc1ccc(C#N)cc1F)C(=O)CCCCBr. The molecule has 1 aromatic rings. The monoisotopic (exact) mass is 340 g/mol. The number of amides is 1. The van der Waals surface area contributed by atoms with Crippen LogP contribution < -0.4 is 0 Å². The number of hydrogen-bond donors (Lipinski definition) is 0. The maximum Gasteiger partial charge on any atom is 0.222 e. The van der Waals surface area contributed by atoms with Gasteiger partial charge in [-0.2, -0.15) is 5.26 Å². The van der Waals surface area contributed by atoms with Crippen molar-refractivity contribution in [3.05, 3.63) is 35.1 Å². The van der Waals surface area contributed by atoms with Gasteiger partial charge in [-0.05, 0) is 31.9 Å². The van der Waals surface area contributed by atoms with Crippen LogP contribution in [0.4, 0.5) is 4.39 Å². The topological polar surface area (TPSA) is 44.1 Å². The highest BCUT2D eigenvalue weighted by Crippen LogP contribution is 2.14. The van der Waals surface area contributed by atoms with Crippen LogP contribution in [0.5, 0.6) is 0 Å². The number of carbonyl (C=O) groups excluding carboxylic acids is 1. The maximum absolute atomic E-state index is 13.8. The molecule has 0 aliphatic rings. The number of alkyl halides is 1. The summed E-state index contributed by atoms with van der Waals surface area (Å²) in [7, 11) is 0. The molecule has 0 spiro atoms. The minimum atomic E-state index is -0.434. The average molecular weight is 341 g/mol. The van der Waals surface area contributed by atoms with Gasteiger partial charge in [0.2, 0.25) is 5.91 Å². The zero-order valence-corrected chi connectivity index (χ0v) is 13.1. The van der Waals surface area contributed by atoms with Gasteiger partial charge >= 0.3 is 0 Å². The van der Waals surface area contributed by atoms with E-state index >= 15 is 0 Å². The van der Waals surface area contributed by atoms with Crippen LogP contribution in [0.1, 0.15) is 37.3 Å². The number of unbranched alkanes of at least 4 members (excludes halogenated alkanes) is 1. The Morgan fingerprint density at radius 2 is 2.20 bits per heavy atom. The van der Waals surface area contributed by atoms with Gasteiger partial charge in [-0.3, -0.25) is 4.79 Å². The van der Waals surface area contributed by atoms with Crippen molar-refractivity contribution in [2.45, 2.75) is 32.7 Å². The van der Waals surface area contributed by atoms with Gasteiger partial charge < -0.3 is 4.90 Å². The van der Waals surface area contributed by atoms with Crippen LogP contribution in [0.15, 0.2) is 18.2 Å². The Morgan fingerprint density at radius 3 is 2.75 bits per heavy atom. The molecule has 0 radical (unpaired) electrons. The van der Waals surface area contributed by atoms with Gasteiger partial charge in [0, 0.05) is 30.4 Å². The van der Waals surface area contributed by atoms with E-state index in [1.807, 2.05) is 13.0 Å². The molecule has 0 N–H and O–H groups in total. The first-order valence-corrected chi connectivity index (χ1v) is 7.76. The molecule has 0 fully saturated rings. The number of carbonyl (C=O) groups is 1. The summed E-state index contributed by atoms with van der Waals surface area (Å²) in [6, 6.07) is 6.24. The Bertz CT molecular complexity index is 499. The number of benzene rings is 1. The third kappa shape index (κ3) is 4.93. The lowest BCUT2D eigenvalue weighted by Gasteiger charge is -2.21. The molecule has 0 atom stereocenters. The van der Waals surface area contributed by atoms with Crippen LogP contribution in [-0.4, -0.2) is 22.7 Å². The van der Waals surface area contributed by atoms with Crippen molar-refractivity contribution in [3.8, 4) is 6.07 Å². The molecule has 0 unspecified atom stereocenters. The second-order valence-corrected chi connectivity index (χ2v) is 5.26. The molecule has 0 bridgehead atoms. The van der Waals surface area contributed by atoms with Crippen molar-refractivity contribution < 1.29 is 9.18 Å². The summed E-state index contributed by atoms with van der Waals surface area (Å²) in [5.74, 6) is -0.395. The quantitative estimate of drug-likeness (QED) is 0.562. The minimum absolute atomic E-state index is 0.0391. The van der Waals surface area contributed by atoms with E-state index in [9.17, 15) is 9.18 Å². The fourth-order valence-electron chi connectivity index (χ4n) is 1.86. The molecule has 0 aromatic heterocycles. The summed E-state index contributed by atoms with van der Waals surface area (Å²) in [4.78, 5) is 13.7. The molecular formula is C15H18BrFN2O. The highest BCUT2D eigenvalue weighted by Gasteiger charge is 2.14.